The molecule has 1 saturated heterocycles. The molecule has 0 bridgehead atoms. The lowest BCUT2D eigenvalue weighted by molar-refractivity contribution is -0.123. The van der Waals surface area contributed by atoms with Gasteiger partial charge in [-0.25, -0.2) is 0 Å². The smallest absolute Gasteiger partial charge is 0.220 e. The fourth-order valence-electron chi connectivity index (χ4n) is 3.27. The molecule has 0 aliphatic carbocycles. The molecule has 2 atom stereocenters. The van der Waals surface area contributed by atoms with Gasteiger partial charge in [0, 0.05) is 30.1 Å². The molecule has 1 amide bonds. The summed E-state index contributed by atoms with van der Waals surface area (Å²) in [6.45, 7) is 3.61. The number of carbonyl (C=O) groups is 1. The van der Waals surface area contributed by atoms with Crippen molar-refractivity contribution in [3.05, 3.63) is 36.0 Å². The van der Waals surface area contributed by atoms with E-state index in [1.54, 1.807) is 0 Å². The van der Waals surface area contributed by atoms with Gasteiger partial charge < -0.3 is 15.0 Å². The molecule has 1 aliphatic rings. The van der Waals surface area contributed by atoms with E-state index in [1.807, 2.05) is 12.1 Å². The lowest BCUT2D eigenvalue weighted by Gasteiger charge is -2.24. The van der Waals surface area contributed by atoms with Crippen LogP contribution in [0.3, 0.4) is 0 Å². The van der Waals surface area contributed by atoms with Crippen molar-refractivity contribution in [1.29, 1.82) is 0 Å². The van der Waals surface area contributed by atoms with Crippen LogP contribution in [-0.4, -0.2) is 30.1 Å². The highest BCUT2D eigenvalue weighted by atomic mass is 16.5. The number of carbonyl (C=O) groups excluding carboxylic acids is 1. The van der Waals surface area contributed by atoms with Gasteiger partial charge in [-0.15, -0.1) is 0 Å². The summed E-state index contributed by atoms with van der Waals surface area (Å²) in [5.41, 5.74) is 2.38. The summed E-state index contributed by atoms with van der Waals surface area (Å²) in [5.74, 6) is 0.383. The maximum atomic E-state index is 12.3. The van der Waals surface area contributed by atoms with Gasteiger partial charge in [0.05, 0.1) is 12.6 Å². The lowest BCUT2D eigenvalue weighted by atomic mass is 9.92. The topological polar surface area (TPSA) is 54.1 Å². The van der Waals surface area contributed by atoms with Crippen molar-refractivity contribution in [2.45, 2.75) is 44.6 Å². The first-order valence-electron chi connectivity index (χ1n) is 8.21. The summed E-state index contributed by atoms with van der Waals surface area (Å²) in [7, 11) is 0. The summed E-state index contributed by atoms with van der Waals surface area (Å²) in [6.07, 6.45) is 5.60. The van der Waals surface area contributed by atoms with Crippen LogP contribution in [0.1, 0.15) is 44.1 Å². The van der Waals surface area contributed by atoms with Crippen LogP contribution in [-0.2, 0) is 9.53 Å². The molecule has 22 heavy (non-hydrogen) atoms. The maximum Gasteiger partial charge on any atom is 0.220 e. The Morgan fingerprint density at radius 2 is 2.32 bits per heavy atom. The molecular formula is C18H24N2O2. The molecule has 2 aromatic rings. The number of aromatic amines is 1. The molecule has 4 heteroatoms. The van der Waals surface area contributed by atoms with E-state index in [9.17, 15) is 4.79 Å². The van der Waals surface area contributed by atoms with E-state index in [1.165, 1.54) is 10.9 Å². The number of benzene rings is 1. The monoisotopic (exact) mass is 300 g/mol. The van der Waals surface area contributed by atoms with Crippen LogP contribution < -0.4 is 5.32 Å². The van der Waals surface area contributed by atoms with Crippen LogP contribution >= 0.6 is 0 Å². The molecule has 118 valence electrons. The Morgan fingerprint density at radius 3 is 3.09 bits per heavy atom. The lowest BCUT2D eigenvalue weighted by Crippen LogP contribution is -2.41. The molecular weight excluding hydrogens is 276 g/mol. The van der Waals surface area contributed by atoms with Gasteiger partial charge in [0.25, 0.3) is 0 Å². The first-order valence-corrected chi connectivity index (χ1v) is 8.21. The van der Waals surface area contributed by atoms with Crippen LogP contribution in [0.4, 0.5) is 0 Å². The highest BCUT2D eigenvalue weighted by Gasteiger charge is 2.21. The quantitative estimate of drug-likeness (QED) is 0.889. The summed E-state index contributed by atoms with van der Waals surface area (Å²) in [5, 5.41) is 4.34. The third kappa shape index (κ3) is 3.33. The van der Waals surface area contributed by atoms with Gasteiger partial charge in [0.2, 0.25) is 5.91 Å². The first-order chi connectivity index (χ1) is 10.8. The number of fused-ring (bicyclic) bond motifs is 1. The number of nitrogens with one attached hydrogen (secondary N) is 2. The fraction of sp³-hybridized carbons (Fsp3) is 0.500. The van der Waals surface area contributed by atoms with Gasteiger partial charge in [-0.05, 0) is 36.8 Å². The van der Waals surface area contributed by atoms with Crippen LogP contribution in [0.25, 0.3) is 10.9 Å². The minimum Gasteiger partial charge on any atom is -0.379 e. The molecule has 1 fully saturated rings. The Bertz CT molecular complexity index is 629. The van der Waals surface area contributed by atoms with Gasteiger partial charge in [-0.1, -0.05) is 25.1 Å². The third-order valence-corrected chi connectivity index (χ3v) is 4.51. The van der Waals surface area contributed by atoms with Crippen LogP contribution in [0, 0.1) is 0 Å². The van der Waals surface area contributed by atoms with Crippen LogP contribution in [0.5, 0.6) is 0 Å². The summed E-state index contributed by atoms with van der Waals surface area (Å²) >= 11 is 0. The number of hydrogen-bond donors (Lipinski definition) is 2. The minimum absolute atomic E-state index is 0.132. The highest BCUT2D eigenvalue weighted by Crippen LogP contribution is 2.30. The molecule has 3 rings (SSSR count). The molecule has 4 nitrogen and oxygen atoms in total. The predicted octanol–water partition coefficient (Wildman–Crippen LogP) is 3.35. The van der Waals surface area contributed by atoms with E-state index in [0.717, 1.165) is 31.4 Å². The first kappa shape index (κ1) is 15.1. The second-order valence-corrected chi connectivity index (χ2v) is 6.08. The average molecular weight is 300 g/mol. The number of amides is 1. The Labute approximate surface area is 131 Å². The van der Waals surface area contributed by atoms with Gasteiger partial charge in [0.15, 0.2) is 0 Å². The number of hydrogen-bond acceptors (Lipinski definition) is 2. The largest absolute Gasteiger partial charge is 0.379 e. The van der Waals surface area contributed by atoms with Crippen molar-refractivity contribution in [3.8, 4) is 0 Å². The number of aromatic nitrogens is 1. The van der Waals surface area contributed by atoms with E-state index in [0.29, 0.717) is 13.0 Å². The van der Waals surface area contributed by atoms with Crippen molar-refractivity contribution in [2.24, 2.45) is 0 Å². The van der Waals surface area contributed by atoms with Gasteiger partial charge in [-0.3, -0.25) is 4.79 Å². The predicted molar refractivity (Wildman–Crippen MR) is 87.9 cm³/mol. The second-order valence-electron chi connectivity index (χ2n) is 6.08. The van der Waals surface area contributed by atoms with E-state index >= 15 is 0 Å². The number of rotatable bonds is 5. The Kier molecular flexibility index (Phi) is 4.78. The highest BCUT2D eigenvalue weighted by molar-refractivity contribution is 5.85. The van der Waals surface area contributed by atoms with Crippen molar-refractivity contribution < 1.29 is 9.53 Å². The van der Waals surface area contributed by atoms with Crippen molar-refractivity contribution >= 4 is 16.8 Å². The minimum atomic E-state index is 0.132. The molecule has 1 aliphatic heterocycles. The van der Waals surface area contributed by atoms with E-state index < -0.39 is 0 Å². The number of H-pyrrole nitrogens is 1. The van der Waals surface area contributed by atoms with E-state index in [-0.39, 0.29) is 17.9 Å². The third-order valence-electron chi connectivity index (χ3n) is 4.51. The SMILES string of the molecule is CC[C@H](CC(=O)N[C@H]1CCCOC1)c1c[nH]c2ccccc12. The zero-order chi connectivity index (χ0) is 15.4. The summed E-state index contributed by atoms with van der Waals surface area (Å²) < 4.78 is 5.42. The van der Waals surface area contributed by atoms with Gasteiger partial charge >= 0.3 is 0 Å². The Morgan fingerprint density at radius 1 is 1.45 bits per heavy atom. The molecule has 1 aromatic heterocycles. The molecule has 0 spiro atoms. The second kappa shape index (κ2) is 6.97. The van der Waals surface area contributed by atoms with E-state index in [4.69, 9.17) is 4.74 Å². The van der Waals surface area contributed by atoms with Gasteiger partial charge in [0.1, 0.15) is 0 Å². The standard InChI is InChI=1S/C18H24N2O2/c1-2-13(10-18(21)20-14-6-5-9-22-12-14)16-11-19-17-8-4-3-7-15(16)17/h3-4,7-8,11,13-14,19H,2,5-6,9-10,12H2,1H3,(H,20,21)/t13-,14+/m1/s1. The molecule has 0 saturated carbocycles. The molecule has 2 N–H and O–H groups in total. The molecule has 2 heterocycles. The van der Waals surface area contributed by atoms with Crippen LogP contribution in [0.15, 0.2) is 30.5 Å². The normalized spacial score (nSPS) is 20.0. The molecule has 1 aromatic carbocycles. The molecule has 0 radical (unpaired) electrons. The molecule has 0 unspecified atom stereocenters. The Hall–Kier alpha value is -1.81. The average Bonchev–Trinajstić information content (AvgIpc) is 2.97. The summed E-state index contributed by atoms with van der Waals surface area (Å²) in [4.78, 5) is 15.6. The van der Waals surface area contributed by atoms with Crippen molar-refractivity contribution in [3.63, 3.8) is 0 Å². The fourth-order valence-corrected chi connectivity index (χ4v) is 3.27. The maximum absolute atomic E-state index is 12.3. The number of para-hydroxylation sites is 1. The number of ether oxygens (including phenoxy) is 1. The summed E-state index contributed by atoms with van der Waals surface area (Å²) in [6, 6.07) is 8.45. The van der Waals surface area contributed by atoms with E-state index in [2.05, 4.69) is 35.6 Å². The van der Waals surface area contributed by atoms with Gasteiger partial charge in [-0.2, -0.15) is 0 Å². The van der Waals surface area contributed by atoms with Crippen LogP contribution in [0.2, 0.25) is 0 Å². The zero-order valence-corrected chi connectivity index (χ0v) is 13.1. The van der Waals surface area contributed by atoms with Crippen molar-refractivity contribution in [1.82, 2.24) is 10.3 Å². The zero-order valence-electron chi connectivity index (χ0n) is 13.1. The Balaban J connectivity index is 1.67. The van der Waals surface area contributed by atoms with Crippen molar-refractivity contribution in [2.75, 3.05) is 13.2 Å².